The fraction of sp³-hybridized carbons (Fsp3) is 0.263. The number of non-ortho nitro benzene ring substituents is 1. The Hall–Kier alpha value is -3.42. The molecule has 8 nitrogen and oxygen atoms in total. The first-order valence-corrected chi connectivity index (χ1v) is 8.42. The van der Waals surface area contributed by atoms with Crippen LogP contribution in [0.15, 0.2) is 48.5 Å². The molecule has 0 heterocycles. The Kier molecular flexibility index (Phi) is 7.30. The Bertz CT molecular complexity index is 788. The van der Waals surface area contributed by atoms with Crippen molar-refractivity contribution >= 4 is 17.5 Å². The molecule has 0 saturated carbocycles. The number of hydrogen-bond donors (Lipinski definition) is 2. The average molecular weight is 371 g/mol. The Morgan fingerprint density at radius 3 is 2.26 bits per heavy atom. The summed E-state index contributed by atoms with van der Waals surface area (Å²) in [5.74, 6) is 0.245. The first-order valence-electron chi connectivity index (χ1n) is 8.42. The lowest BCUT2D eigenvalue weighted by molar-refractivity contribution is -0.384. The minimum atomic E-state index is -0.530. The van der Waals surface area contributed by atoms with Crippen LogP contribution in [-0.4, -0.2) is 36.9 Å². The van der Waals surface area contributed by atoms with Crippen LogP contribution in [0.3, 0.4) is 0 Å². The molecular formula is C19H21N3O5. The van der Waals surface area contributed by atoms with Crippen molar-refractivity contribution in [3.8, 4) is 5.75 Å². The van der Waals surface area contributed by atoms with E-state index in [-0.39, 0.29) is 30.5 Å². The summed E-state index contributed by atoms with van der Waals surface area (Å²) in [5, 5.41) is 16.0. The highest BCUT2D eigenvalue weighted by atomic mass is 16.6. The molecule has 2 rings (SSSR count). The fourth-order valence-electron chi connectivity index (χ4n) is 2.35. The quantitative estimate of drug-likeness (QED) is 0.518. The topological polar surface area (TPSA) is 111 Å². The summed E-state index contributed by atoms with van der Waals surface area (Å²) < 4.78 is 5.09. The van der Waals surface area contributed by atoms with Crippen molar-refractivity contribution in [2.45, 2.75) is 12.8 Å². The number of methoxy groups -OCH3 is 1. The monoisotopic (exact) mass is 371 g/mol. The first kappa shape index (κ1) is 19.9. The lowest BCUT2D eigenvalue weighted by atomic mass is 10.1. The molecule has 0 atom stereocenters. The van der Waals surface area contributed by atoms with Gasteiger partial charge in [-0.1, -0.05) is 12.1 Å². The van der Waals surface area contributed by atoms with Crippen molar-refractivity contribution in [3.05, 3.63) is 69.8 Å². The number of carbonyl (C=O) groups is 2. The largest absolute Gasteiger partial charge is 0.497 e. The van der Waals surface area contributed by atoms with Gasteiger partial charge in [0, 0.05) is 37.2 Å². The van der Waals surface area contributed by atoms with E-state index in [1.54, 1.807) is 7.11 Å². The number of nitro groups is 1. The number of ether oxygens (including phenoxy) is 1. The molecule has 2 N–H and O–H groups in total. The van der Waals surface area contributed by atoms with Crippen LogP contribution in [0.4, 0.5) is 5.69 Å². The number of amides is 2. The van der Waals surface area contributed by atoms with E-state index in [1.807, 2.05) is 24.3 Å². The van der Waals surface area contributed by atoms with Gasteiger partial charge in [-0.2, -0.15) is 0 Å². The van der Waals surface area contributed by atoms with Gasteiger partial charge in [0.05, 0.1) is 12.0 Å². The van der Waals surface area contributed by atoms with Crippen molar-refractivity contribution in [1.82, 2.24) is 10.6 Å². The summed E-state index contributed by atoms with van der Waals surface area (Å²) in [5.41, 5.74) is 1.31. The van der Waals surface area contributed by atoms with Crippen molar-refractivity contribution in [3.63, 3.8) is 0 Å². The Labute approximate surface area is 156 Å². The number of benzene rings is 2. The van der Waals surface area contributed by atoms with Crippen LogP contribution in [-0.2, 0) is 11.2 Å². The van der Waals surface area contributed by atoms with Gasteiger partial charge >= 0.3 is 0 Å². The van der Waals surface area contributed by atoms with E-state index in [9.17, 15) is 19.7 Å². The number of hydrogen-bond acceptors (Lipinski definition) is 5. The highest BCUT2D eigenvalue weighted by molar-refractivity contribution is 5.94. The lowest BCUT2D eigenvalue weighted by Crippen LogP contribution is -2.31. The van der Waals surface area contributed by atoms with Crippen molar-refractivity contribution in [2.75, 3.05) is 20.2 Å². The molecular weight excluding hydrogens is 350 g/mol. The molecule has 0 unspecified atom stereocenters. The molecule has 0 fully saturated rings. The maximum atomic E-state index is 11.9. The van der Waals surface area contributed by atoms with Crippen LogP contribution in [0.25, 0.3) is 0 Å². The average Bonchev–Trinajstić information content (AvgIpc) is 2.68. The van der Waals surface area contributed by atoms with Gasteiger partial charge in [0.15, 0.2) is 0 Å². The second-order valence-corrected chi connectivity index (χ2v) is 5.76. The highest BCUT2D eigenvalue weighted by Gasteiger charge is 2.09. The van der Waals surface area contributed by atoms with Crippen molar-refractivity contribution in [2.24, 2.45) is 0 Å². The summed E-state index contributed by atoms with van der Waals surface area (Å²) in [6, 6.07) is 12.9. The third kappa shape index (κ3) is 6.43. The molecule has 142 valence electrons. The molecule has 0 aliphatic heterocycles. The summed E-state index contributed by atoms with van der Waals surface area (Å²) in [6.45, 7) is 0.686. The minimum absolute atomic E-state index is 0.0808. The molecule has 0 saturated heterocycles. The van der Waals surface area contributed by atoms with E-state index >= 15 is 0 Å². The van der Waals surface area contributed by atoms with Gasteiger partial charge in [-0.05, 0) is 36.2 Å². The predicted molar refractivity (Wildman–Crippen MR) is 99.8 cm³/mol. The Balaban J connectivity index is 1.66. The number of nitro benzene ring substituents is 1. The van der Waals surface area contributed by atoms with Gasteiger partial charge in [0.2, 0.25) is 5.91 Å². The zero-order valence-electron chi connectivity index (χ0n) is 14.9. The maximum Gasteiger partial charge on any atom is 0.269 e. The second kappa shape index (κ2) is 9.91. The smallest absolute Gasteiger partial charge is 0.269 e. The zero-order chi connectivity index (χ0) is 19.6. The highest BCUT2D eigenvalue weighted by Crippen LogP contribution is 2.12. The van der Waals surface area contributed by atoms with Gasteiger partial charge in [-0.3, -0.25) is 19.7 Å². The van der Waals surface area contributed by atoms with Crippen molar-refractivity contribution in [1.29, 1.82) is 0 Å². The third-order valence-corrected chi connectivity index (χ3v) is 3.87. The third-order valence-electron chi connectivity index (χ3n) is 3.87. The van der Waals surface area contributed by atoms with Gasteiger partial charge in [0.1, 0.15) is 5.75 Å². The standard InChI is InChI=1S/C19H21N3O5/c1-27-17-8-2-14(3-9-17)10-12-20-18(23)11-13-21-19(24)15-4-6-16(7-5-15)22(25)26/h2-9H,10-13H2,1H3,(H,20,23)(H,21,24). The summed E-state index contributed by atoms with van der Waals surface area (Å²) in [7, 11) is 1.61. The van der Waals surface area contributed by atoms with Crippen LogP contribution < -0.4 is 15.4 Å². The summed E-state index contributed by atoms with van der Waals surface area (Å²) in [4.78, 5) is 33.8. The zero-order valence-corrected chi connectivity index (χ0v) is 14.9. The summed E-state index contributed by atoms with van der Waals surface area (Å²) in [6.07, 6.45) is 0.853. The van der Waals surface area contributed by atoms with E-state index in [4.69, 9.17) is 4.74 Å². The molecule has 2 amide bonds. The van der Waals surface area contributed by atoms with Crippen molar-refractivity contribution < 1.29 is 19.2 Å². The SMILES string of the molecule is COc1ccc(CCNC(=O)CCNC(=O)c2ccc([N+](=O)[O-])cc2)cc1. The molecule has 27 heavy (non-hydrogen) atoms. The van der Waals surface area contributed by atoms with E-state index < -0.39 is 4.92 Å². The van der Waals surface area contributed by atoms with Crippen LogP contribution >= 0.6 is 0 Å². The molecule has 0 radical (unpaired) electrons. The molecule has 2 aromatic rings. The normalized spacial score (nSPS) is 10.1. The van der Waals surface area contributed by atoms with Crippen LogP contribution in [0.2, 0.25) is 0 Å². The molecule has 0 aliphatic rings. The molecule has 8 heteroatoms. The number of nitrogens with one attached hydrogen (secondary N) is 2. The van der Waals surface area contributed by atoms with Crippen LogP contribution in [0, 0.1) is 10.1 Å². The molecule has 0 aliphatic carbocycles. The van der Waals surface area contributed by atoms with E-state index in [0.717, 1.165) is 11.3 Å². The Morgan fingerprint density at radius 2 is 1.67 bits per heavy atom. The number of carbonyl (C=O) groups excluding carboxylic acids is 2. The predicted octanol–water partition coefficient (Wildman–Crippen LogP) is 2.08. The van der Waals surface area contributed by atoms with Gasteiger partial charge in [0.25, 0.3) is 11.6 Å². The molecule has 0 aromatic heterocycles. The lowest BCUT2D eigenvalue weighted by Gasteiger charge is -2.07. The van der Waals surface area contributed by atoms with Gasteiger partial charge in [-0.25, -0.2) is 0 Å². The molecule has 0 bridgehead atoms. The molecule has 2 aromatic carbocycles. The van der Waals surface area contributed by atoms with Crippen LogP contribution in [0.1, 0.15) is 22.3 Å². The van der Waals surface area contributed by atoms with E-state index in [1.165, 1.54) is 24.3 Å². The van der Waals surface area contributed by atoms with Gasteiger partial charge in [-0.15, -0.1) is 0 Å². The van der Waals surface area contributed by atoms with Crippen LogP contribution in [0.5, 0.6) is 5.75 Å². The number of nitrogens with zero attached hydrogens (tertiary/aromatic N) is 1. The first-order chi connectivity index (χ1) is 13.0. The minimum Gasteiger partial charge on any atom is -0.497 e. The van der Waals surface area contributed by atoms with E-state index in [0.29, 0.717) is 18.5 Å². The second-order valence-electron chi connectivity index (χ2n) is 5.76. The molecule has 0 spiro atoms. The Morgan fingerprint density at radius 1 is 1.00 bits per heavy atom. The van der Waals surface area contributed by atoms with E-state index in [2.05, 4.69) is 10.6 Å². The maximum absolute atomic E-state index is 11.9. The summed E-state index contributed by atoms with van der Waals surface area (Å²) >= 11 is 0. The fourth-order valence-corrected chi connectivity index (χ4v) is 2.35. The van der Waals surface area contributed by atoms with Gasteiger partial charge < -0.3 is 15.4 Å². The number of rotatable bonds is 9.